The number of hydrogen-bond acceptors (Lipinski definition) is 3. The van der Waals surface area contributed by atoms with Gasteiger partial charge >= 0.3 is 0 Å². The second-order valence-corrected chi connectivity index (χ2v) is 7.83. The van der Waals surface area contributed by atoms with Crippen molar-refractivity contribution in [3.63, 3.8) is 0 Å². The van der Waals surface area contributed by atoms with E-state index in [0.717, 1.165) is 17.8 Å². The zero-order valence-electron chi connectivity index (χ0n) is 15.9. The van der Waals surface area contributed by atoms with Crippen LogP contribution >= 0.6 is 11.6 Å². The molecule has 0 saturated heterocycles. The van der Waals surface area contributed by atoms with Gasteiger partial charge in [0.1, 0.15) is 5.84 Å². The van der Waals surface area contributed by atoms with Crippen LogP contribution in [0.3, 0.4) is 0 Å². The number of hydrogen-bond donors (Lipinski definition) is 2. The lowest BCUT2D eigenvalue weighted by Gasteiger charge is -2.33. The number of benzene rings is 3. The van der Waals surface area contributed by atoms with E-state index in [1.165, 1.54) is 21.9 Å². The molecule has 0 bridgehead atoms. The van der Waals surface area contributed by atoms with Gasteiger partial charge in [-0.25, -0.2) is 4.99 Å². The molecule has 0 amide bonds. The Labute approximate surface area is 175 Å². The second-order valence-electron chi connectivity index (χ2n) is 7.42. The van der Waals surface area contributed by atoms with Crippen LogP contribution in [0.15, 0.2) is 96.0 Å². The molecule has 0 spiro atoms. The first-order valence-corrected chi connectivity index (χ1v) is 10.4. The molecule has 2 aliphatic rings. The predicted octanol–water partition coefficient (Wildman–Crippen LogP) is 5.43. The molecular weight excluding hydrogens is 378 g/mol. The Bertz CT molecular complexity index is 1110. The maximum atomic E-state index is 6.39. The Kier molecular flexibility index (Phi) is 4.92. The van der Waals surface area contributed by atoms with E-state index in [1.807, 2.05) is 0 Å². The molecule has 0 fully saturated rings. The summed E-state index contributed by atoms with van der Waals surface area (Å²) >= 11 is 6.39. The molecule has 3 aromatic carbocycles. The number of nitrogens with zero attached hydrogens (tertiary/aromatic N) is 1. The minimum Gasteiger partial charge on any atom is -0.354 e. The number of fused-ring (bicyclic) bond motifs is 1. The molecule has 144 valence electrons. The highest BCUT2D eigenvalue weighted by Gasteiger charge is 2.27. The summed E-state index contributed by atoms with van der Waals surface area (Å²) in [6.45, 7) is 0. The molecule has 0 aromatic heterocycles. The van der Waals surface area contributed by atoms with Gasteiger partial charge in [0.25, 0.3) is 0 Å². The van der Waals surface area contributed by atoms with E-state index in [0.29, 0.717) is 5.92 Å². The molecular formula is C25H22ClN3. The average molecular weight is 400 g/mol. The molecule has 1 heterocycles. The summed E-state index contributed by atoms with van der Waals surface area (Å²) in [5, 5.41) is 9.37. The summed E-state index contributed by atoms with van der Waals surface area (Å²) in [4.78, 5) is 4.57. The van der Waals surface area contributed by atoms with Crippen LogP contribution in [0.5, 0.6) is 0 Å². The lowest BCUT2D eigenvalue weighted by atomic mass is 9.96. The lowest BCUT2D eigenvalue weighted by Crippen LogP contribution is -2.56. The summed E-state index contributed by atoms with van der Waals surface area (Å²) in [6.07, 6.45) is 9.61. The predicted molar refractivity (Wildman–Crippen MR) is 122 cm³/mol. The zero-order valence-corrected chi connectivity index (χ0v) is 16.7. The number of rotatable bonds is 3. The highest BCUT2D eigenvalue weighted by atomic mass is 35.5. The third-order valence-electron chi connectivity index (χ3n) is 5.55. The number of alkyl halides is 1. The van der Waals surface area contributed by atoms with Crippen LogP contribution in [0.2, 0.25) is 0 Å². The summed E-state index contributed by atoms with van der Waals surface area (Å²) in [5.41, 5.74) is 3.04. The van der Waals surface area contributed by atoms with Gasteiger partial charge in [0.05, 0.1) is 6.17 Å². The Hall–Kier alpha value is -2.88. The summed E-state index contributed by atoms with van der Waals surface area (Å²) in [5.74, 6) is 1.18. The molecule has 3 aromatic rings. The van der Waals surface area contributed by atoms with E-state index < -0.39 is 5.62 Å². The fourth-order valence-electron chi connectivity index (χ4n) is 4.05. The monoisotopic (exact) mass is 399 g/mol. The first kappa shape index (κ1) is 18.2. The van der Waals surface area contributed by atoms with Crippen LogP contribution in [0, 0.1) is 5.92 Å². The minimum atomic E-state index is -0.437. The van der Waals surface area contributed by atoms with Crippen molar-refractivity contribution in [1.82, 2.24) is 10.6 Å². The van der Waals surface area contributed by atoms with Gasteiger partial charge in [0.15, 0.2) is 5.62 Å². The Morgan fingerprint density at radius 1 is 0.862 bits per heavy atom. The van der Waals surface area contributed by atoms with Crippen LogP contribution in [0.25, 0.3) is 21.9 Å². The largest absolute Gasteiger partial charge is 0.354 e. The molecule has 3 unspecified atom stereocenters. The average Bonchev–Trinajstić information content (AvgIpc) is 2.79. The van der Waals surface area contributed by atoms with Crippen LogP contribution in [0.1, 0.15) is 12.0 Å². The van der Waals surface area contributed by atoms with Gasteiger partial charge in [-0.15, -0.1) is 0 Å². The standard InChI is InChI=1S/C25H22ClN3/c26-25-28-23(19-8-2-1-3-9-19)27-24(29-25)20-15-13-18(14-16-20)22-12-6-10-17-7-4-5-11-21(17)22/h1-8,10-16,19,23,25,28H,9H2,(H,27,29). The number of allylic oxidation sites excluding steroid dienone is 3. The highest BCUT2D eigenvalue weighted by Crippen LogP contribution is 2.29. The molecule has 5 rings (SSSR count). The van der Waals surface area contributed by atoms with E-state index in [-0.39, 0.29) is 6.17 Å². The number of nitrogens with one attached hydrogen (secondary N) is 2. The maximum Gasteiger partial charge on any atom is 0.179 e. The number of halogens is 1. The quantitative estimate of drug-likeness (QED) is 0.455. The fourth-order valence-corrected chi connectivity index (χ4v) is 4.28. The van der Waals surface area contributed by atoms with E-state index >= 15 is 0 Å². The van der Waals surface area contributed by atoms with Crippen LogP contribution in [-0.4, -0.2) is 17.6 Å². The van der Waals surface area contributed by atoms with Crippen LogP contribution < -0.4 is 10.6 Å². The van der Waals surface area contributed by atoms with Crippen molar-refractivity contribution in [2.45, 2.75) is 18.2 Å². The molecule has 4 heteroatoms. The van der Waals surface area contributed by atoms with Gasteiger partial charge in [-0.05, 0) is 28.3 Å². The van der Waals surface area contributed by atoms with E-state index in [9.17, 15) is 0 Å². The first-order chi connectivity index (χ1) is 14.3. The molecule has 0 radical (unpaired) electrons. The molecule has 0 saturated carbocycles. The zero-order chi connectivity index (χ0) is 19.6. The molecule has 2 N–H and O–H groups in total. The Morgan fingerprint density at radius 3 is 2.48 bits per heavy atom. The third kappa shape index (κ3) is 3.71. The topological polar surface area (TPSA) is 36.4 Å². The van der Waals surface area contributed by atoms with Gasteiger partial charge in [-0.1, -0.05) is 103 Å². The molecule has 3 nitrogen and oxygen atoms in total. The molecule has 3 atom stereocenters. The molecule has 1 aliphatic carbocycles. The Balaban J connectivity index is 1.42. The van der Waals surface area contributed by atoms with Crippen molar-refractivity contribution in [3.8, 4) is 11.1 Å². The van der Waals surface area contributed by atoms with Crippen molar-refractivity contribution in [1.29, 1.82) is 0 Å². The third-order valence-corrected chi connectivity index (χ3v) is 5.78. The van der Waals surface area contributed by atoms with E-state index in [1.54, 1.807) is 0 Å². The van der Waals surface area contributed by atoms with Crippen LogP contribution in [-0.2, 0) is 0 Å². The van der Waals surface area contributed by atoms with Gasteiger partial charge in [-0.3, -0.25) is 5.32 Å². The summed E-state index contributed by atoms with van der Waals surface area (Å²) in [6, 6.07) is 23.5. The van der Waals surface area contributed by atoms with Gasteiger partial charge in [0, 0.05) is 11.5 Å². The number of aliphatic imine (C=N–C) groups is 1. The SMILES string of the molecule is ClC1N=C(c2ccc(-c3cccc4ccccc34)cc2)NC(C2C=CC=CC2)N1. The van der Waals surface area contributed by atoms with E-state index in [4.69, 9.17) is 11.6 Å². The van der Waals surface area contributed by atoms with Crippen LogP contribution in [0.4, 0.5) is 0 Å². The molecule has 29 heavy (non-hydrogen) atoms. The molecule has 1 aliphatic heterocycles. The van der Waals surface area contributed by atoms with Crippen molar-refractivity contribution in [2.75, 3.05) is 0 Å². The summed E-state index contributed by atoms with van der Waals surface area (Å²) in [7, 11) is 0. The maximum absolute atomic E-state index is 6.39. The normalized spacial score (nSPS) is 23.6. The van der Waals surface area contributed by atoms with Crippen molar-refractivity contribution in [3.05, 3.63) is 96.6 Å². The van der Waals surface area contributed by atoms with Gasteiger partial charge < -0.3 is 5.32 Å². The summed E-state index contributed by atoms with van der Waals surface area (Å²) < 4.78 is 0. The van der Waals surface area contributed by atoms with E-state index in [2.05, 4.69) is 107 Å². The van der Waals surface area contributed by atoms with Crippen molar-refractivity contribution < 1.29 is 0 Å². The van der Waals surface area contributed by atoms with Gasteiger partial charge in [0.2, 0.25) is 0 Å². The fraction of sp³-hybridized carbons (Fsp3) is 0.160. The van der Waals surface area contributed by atoms with Crippen molar-refractivity contribution in [2.24, 2.45) is 10.9 Å². The second kappa shape index (κ2) is 7.86. The minimum absolute atomic E-state index is 0.0592. The smallest absolute Gasteiger partial charge is 0.179 e. The lowest BCUT2D eigenvalue weighted by molar-refractivity contribution is 0.362. The van der Waals surface area contributed by atoms with Crippen molar-refractivity contribution >= 4 is 28.2 Å². The first-order valence-electron chi connectivity index (χ1n) is 9.94. The van der Waals surface area contributed by atoms with Gasteiger partial charge in [-0.2, -0.15) is 0 Å². The number of amidine groups is 1. The highest BCUT2D eigenvalue weighted by molar-refractivity contribution is 6.21. The Morgan fingerprint density at radius 2 is 1.66 bits per heavy atom.